The Labute approximate surface area is 126 Å². The minimum absolute atomic E-state index is 0.0633. The average molecular weight is 311 g/mol. The molecule has 1 N–H and O–H groups in total. The molecule has 0 atom stereocenters. The van der Waals surface area contributed by atoms with Gasteiger partial charge in [-0.1, -0.05) is 25.1 Å². The highest BCUT2D eigenvalue weighted by atomic mass is 19.4. The van der Waals surface area contributed by atoms with E-state index in [2.05, 4.69) is 15.3 Å². The van der Waals surface area contributed by atoms with Crippen LogP contribution >= 0.6 is 0 Å². The second-order valence-electron chi connectivity index (χ2n) is 4.70. The first-order valence-corrected chi connectivity index (χ1v) is 6.81. The summed E-state index contributed by atoms with van der Waals surface area (Å²) in [5.74, 6) is -0.395. The minimum Gasteiger partial charge on any atom is -0.477 e. The number of nitrogens with zero attached hydrogens (tertiary/aromatic N) is 2. The first-order valence-electron chi connectivity index (χ1n) is 6.81. The Kier molecular flexibility index (Phi) is 4.85. The Morgan fingerprint density at radius 3 is 2.59 bits per heavy atom. The zero-order chi connectivity index (χ0) is 16.2. The van der Waals surface area contributed by atoms with E-state index in [4.69, 9.17) is 4.74 Å². The van der Waals surface area contributed by atoms with Gasteiger partial charge in [0.25, 0.3) is 0 Å². The van der Waals surface area contributed by atoms with Gasteiger partial charge in [0.15, 0.2) is 0 Å². The third kappa shape index (κ3) is 3.87. The van der Waals surface area contributed by atoms with Gasteiger partial charge in [-0.05, 0) is 25.0 Å². The maximum Gasteiger partial charge on any atom is 0.423 e. The average Bonchev–Trinajstić information content (AvgIpc) is 2.46. The van der Waals surface area contributed by atoms with Crippen molar-refractivity contribution in [2.75, 3.05) is 11.9 Å². The summed E-state index contributed by atoms with van der Waals surface area (Å²) in [6.07, 6.45) is -3.23. The number of nitrogens with one attached hydrogen (secondary N) is 1. The Hall–Kier alpha value is -2.31. The smallest absolute Gasteiger partial charge is 0.423 e. The van der Waals surface area contributed by atoms with Crippen LogP contribution < -0.4 is 10.1 Å². The van der Waals surface area contributed by atoms with Crippen molar-refractivity contribution in [3.63, 3.8) is 0 Å². The van der Waals surface area contributed by atoms with Crippen LogP contribution in [0.5, 0.6) is 5.88 Å². The molecule has 1 aromatic heterocycles. The molecule has 118 valence electrons. The quantitative estimate of drug-likeness (QED) is 0.892. The Balaban J connectivity index is 2.32. The summed E-state index contributed by atoms with van der Waals surface area (Å²) in [7, 11) is 0. The highest BCUT2D eigenvalue weighted by Crippen LogP contribution is 2.35. The second kappa shape index (κ2) is 6.64. The van der Waals surface area contributed by atoms with E-state index in [1.807, 2.05) is 25.1 Å². The monoisotopic (exact) mass is 311 g/mol. The number of aryl methyl sites for hydroxylation is 1. The molecule has 0 saturated heterocycles. The second-order valence-corrected chi connectivity index (χ2v) is 4.70. The molecule has 0 aliphatic carbocycles. The molecule has 1 aromatic carbocycles. The van der Waals surface area contributed by atoms with Gasteiger partial charge in [0, 0.05) is 11.9 Å². The van der Waals surface area contributed by atoms with Gasteiger partial charge in [-0.2, -0.15) is 18.2 Å². The zero-order valence-corrected chi connectivity index (χ0v) is 12.2. The first-order chi connectivity index (χ1) is 10.4. The highest BCUT2D eigenvalue weighted by molar-refractivity contribution is 5.58. The fraction of sp³-hybridized carbons (Fsp3) is 0.333. The summed E-state index contributed by atoms with van der Waals surface area (Å²) in [5.41, 5.74) is 0.682. The van der Waals surface area contributed by atoms with Crippen molar-refractivity contribution in [1.82, 2.24) is 9.97 Å². The van der Waals surface area contributed by atoms with Crippen molar-refractivity contribution >= 4 is 11.6 Å². The van der Waals surface area contributed by atoms with Gasteiger partial charge in [0.1, 0.15) is 5.56 Å². The summed E-state index contributed by atoms with van der Waals surface area (Å²) in [6.45, 7) is 3.84. The Morgan fingerprint density at radius 2 is 1.95 bits per heavy atom. The number of hydrogen-bond acceptors (Lipinski definition) is 4. The van der Waals surface area contributed by atoms with E-state index in [0.29, 0.717) is 6.42 Å². The maximum absolute atomic E-state index is 12.9. The molecule has 7 heteroatoms. The van der Waals surface area contributed by atoms with E-state index in [1.54, 1.807) is 13.0 Å². The predicted molar refractivity (Wildman–Crippen MR) is 77.3 cm³/mol. The van der Waals surface area contributed by atoms with Crippen LogP contribution in [0.2, 0.25) is 0 Å². The van der Waals surface area contributed by atoms with E-state index in [1.165, 1.54) is 0 Å². The van der Waals surface area contributed by atoms with Crippen LogP contribution in [0.3, 0.4) is 0 Å². The molecule has 0 aliphatic heterocycles. The molecule has 0 radical (unpaired) electrons. The fourth-order valence-electron chi connectivity index (χ4n) is 1.76. The first kappa shape index (κ1) is 16.1. The van der Waals surface area contributed by atoms with Crippen molar-refractivity contribution < 1.29 is 17.9 Å². The van der Waals surface area contributed by atoms with Crippen LogP contribution in [-0.4, -0.2) is 16.6 Å². The molecular formula is C15H16F3N3O. The lowest BCUT2D eigenvalue weighted by atomic mass is 10.2. The molecular weight excluding hydrogens is 295 g/mol. The summed E-state index contributed by atoms with van der Waals surface area (Å²) in [4.78, 5) is 7.58. The third-order valence-electron chi connectivity index (χ3n) is 2.89. The molecule has 22 heavy (non-hydrogen) atoms. The Morgan fingerprint density at radius 1 is 1.23 bits per heavy atom. The van der Waals surface area contributed by atoms with E-state index in [-0.39, 0.29) is 12.6 Å². The van der Waals surface area contributed by atoms with Crippen molar-refractivity contribution in [2.45, 2.75) is 26.4 Å². The lowest BCUT2D eigenvalue weighted by Crippen LogP contribution is -2.12. The van der Waals surface area contributed by atoms with Crippen molar-refractivity contribution in [2.24, 2.45) is 0 Å². The van der Waals surface area contributed by atoms with Gasteiger partial charge in [0.2, 0.25) is 11.8 Å². The minimum atomic E-state index is -4.55. The number of alkyl halides is 3. The van der Waals surface area contributed by atoms with Gasteiger partial charge < -0.3 is 10.1 Å². The summed E-state index contributed by atoms with van der Waals surface area (Å²) in [6, 6.07) is 7.35. The fourth-order valence-corrected chi connectivity index (χ4v) is 1.76. The van der Waals surface area contributed by atoms with Crippen LogP contribution in [0.4, 0.5) is 24.8 Å². The van der Waals surface area contributed by atoms with E-state index >= 15 is 0 Å². The highest BCUT2D eigenvalue weighted by Gasteiger charge is 2.36. The summed E-state index contributed by atoms with van der Waals surface area (Å²) < 4.78 is 43.9. The normalized spacial score (nSPS) is 11.3. The molecule has 0 bridgehead atoms. The third-order valence-corrected chi connectivity index (χ3v) is 2.89. The molecule has 0 saturated carbocycles. The lowest BCUT2D eigenvalue weighted by molar-refractivity contribution is -0.139. The van der Waals surface area contributed by atoms with Gasteiger partial charge >= 0.3 is 6.18 Å². The summed E-state index contributed by atoms with van der Waals surface area (Å²) in [5, 5.41) is 2.90. The molecule has 1 heterocycles. The molecule has 0 amide bonds. The number of aromatic nitrogens is 2. The molecule has 0 fully saturated rings. The van der Waals surface area contributed by atoms with Crippen LogP contribution in [0.15, 0.2) is 30.5 Å². The molecule has 0 spiro atoms. The summed E-state index contributed by atoms with van der Waals surface area (Å²) >= 11 is 0. The van der Waals surface area contributed by atoms with E-state index in [9.17, 15) is 13.2 Å². The van der Waals surface area contributed by atoms with Crippen molar-refractivity contribution in [1.29, 1.82) is 0 Å². The van der Waals surface area contributed by atoms with Crippen molar-refractivity contribution in [3.05, 3.63) is 41.6 Å². The van der Waals surface area contributed by atoms with E-state index in [0.717, 1.165) is 17.4 Å². The van der Waals surface area contributed by atoms with Gasteiger partial charge in [0.05, 0.1) is 6.61 Å². The van der Waals surface area contributed by atoms with E-state index < -0.39 is 17.6 Å². The SMILES string of the molecule is CCCOc1nc(Nc2ccccc2C)ncc1C(F)(F)F. The van der Waals surface area contributed by atoms with Crippen molar-refractivity contribution in [3.8, 4) is 5.88 Å². The zero-order valence-electron chi connectivity index (χ0n) is 12.2. The standard InChI is InChI=1S/C15H16F3N3O/c1-3-8-22-13-11(15(16,17)18)9-19-14(21-13)20-12-7-5-4-6-10(12)2/h4-7,9H,3,8H2,1-2H3,(H,19,20,21). The predicted octanol–water partition coefficient (Wildman–Crippen LogP) is 4.34. The number of hydrogen-bond donors (Lipinski definition) is 1. The number of ether oxygens (including phenoxy) is 1. The van der Waals surface area contributed by atoms with Crippen LogP contribution in [0.25, 0.3) is 0 Å². The topological polar surface area (TPSA) is 47.0 Å². The van der Waals surface area contributed by atoms with Gasteiger partial charge in [-0.25, -0.2) is 4.98 Å². The van der Waals surface area contributed by atoms with Crippen LogP contribution in [0.1, 0.15) is 24.5 Å². The van der Waals surface area contributed by atoms with Crippen LogP contribution in [0, 0.1) is 6.92 Å². The number of benzene rings is 1. The molecule has 0 aliphatic rings. The molecule has 0 unspecified atom stereocenters. The Bertz CT molecular complexity index is 644. The number of halogens is 3. The largest absolute Gasteiger partial charge is 0.477 e. The van der Waals surface area contributed by atoms with Crippen LogP contribution in [-0.2, 0) is 6.18 Å². The number of para-hydroxylation sites is 1. The molecule has 4 nitrogen and oxygen atoms in total. The van der Waals surface area contributed by atoms with Gasteiger partial charge in [-0.15, -0.1) is 0 Å². The number of anilines is 2. The molecule has 2 rings (SSSR count). The lowest BCUT2D eigenvalue weighted by Gasteiger charge is -2.14. The van der Waals surface area contributed by atoms with Gasteiger partial charge in [-0.3, -0.25) is 0 Å². The molecule has 2 aromatic rings. The maximum atomic E-state index is 12.9. The number of rotatable bonds is 5.